The number of rotatable bonds is 3. The van der Waals surface area contributed by atoms with E-state index in [9.17, 15) is 14.5 Å². The van der Waals surface area contributed by atoms with Crippen molar-refractivity contribution in [3.63, 3.8) is 0 Å². The van der Waals surface area contributed by atoms with Crippen molar-refractivity contribution in [2.24, 2.45) is 11.8 Å². The molecule has 3 unspecified atom stereocenters. The Bertz CT molecular complexity index is 478. The summed E-state index contributed by atoms with van der Waals surface area (Å²) >= 11 is 0. The molecule has 1 aliphatic rings. The van der Waals surface area contributed by atoms with Gasteiger partial charge in [0.25, 0.3) is 5.69 Å². The third kappa shape index (κ3) is 3.43. The average Bonchev–Trinajstić information content (AvgIpc) is 2.33. The van der Waals surface area contributed by atoms with Crippen molar-refractivity contribution in [1.82, 2.24) is 0 Å². The Morgan fingerprint density at radius 2 is 2.00 bits per heavy atom. The standard InChI is InChI=1S/C14H18FNO3/c1-9-3-4-13(5-10(9)2)19-14-7-11(15)6-12(8-14)16(17)18/h6-10,13H,3-5H2,1-2H3. The molecule has 0 aliphatic heterocycles. The molecule has 1 aromatic carbocycles. The molecule has 3 atom stereocenters. The Kier molecular flexibility index (Phi) is 4.02. The molecule has 1 aliphatic carbocycles. The van der Waals surface area contributed by atoms with Crippen LogP contribution in [-0.4, -0.2) is 11.0 Å². The van der Waals surface area contributed by atoms with Gasteiger partial charge in [-0.05, 0) is 31.1 Å². The van der Waals surface area contributed by atoms with Gasteiger partial charge in [0.15, 0.2) is 0 Å². The summed E-state index contributed by atoms with van der Waals surface area (Å²) in [6, 6.07) is 3.39. The number of non-ortho nitro benzene ring substituents is 1. The smallest absolute Gasteiger partial charge is 0.276 e. The van der Waals surface area contributed by atoms with Crippen LogP contribution >= 0.6 is 0 Å². The third-order valence-corrected chi connectivity index (χ3v) is 3.92. The quantitative estimate of drug-likeness (QED) is 0.615. The largest absolute Gasteiger partial charge is 0.490 e. The molecule has 0 aromatic heterocycles. The van der Waals surface area contributed by atoms with E-state index in [4.69, 9.17) is 4.74 Å². The van der Waals surface area contributed by atoms with Gasteiger partial charge in [-0.25, -0.2) is 4.39 Å². The first-order valence-corrected chi connectivity index (χ1v) is 6.57. The Balaban J connectivity index is 2.09. The van der Waals surface area contributed by atoms with Crippen molar-refractivity contribution in [1.29, 1.82) is 0 Å². The fourth-order valence-corrected chi connectivity index (χ4v) is 2.52. The van der Waals surface area contributed by atoms with Crippen molar-refractivity contribution >= 4 is 5.69 Å². The average molecular weight is 267 g/mol. The number of hydrogen-bond donors (Lipinski definition) is 0. The minimum Gasteiger partial charge on any atom is -0.490 e. The highest BCUT2D eigenvalue weighted by molar-refractivity contribution is 5.39. The van der Waals surface area contributed by atoms with E-state index in [0.717, 1.165) is 25.3 Å². The lowest BCUT2D eigenvalue weighted by Crippen LogP contribution is -2.28. The summed E-state index contributed by atoms with van der Waals surface area (Å²) in [5, 5.41) is 10.7. The van der Waals surface area contributed by atoms with Crippen LogP contribution in [0.15, 0.2) is 18.2 Å². The van der Waals surface area contributed by atoms with Crippen molar-refractivity contribution < 1.29 is 14.1 Å². The molecule has 0 radical (unpaired) electrons. The highest BCUT2D eigenvalue weighted by Crippen LogP contribution is 2.32. The fraction of sp³-hybridized carbons (Fsp3) is 0.571. The number of hydrogen-bond acceptors (Lipinski definition) is 3. The zero-order valence-electron chi connectivity index (χ0n) is 11.1. The molecule has 5 heteroatoms. The van der Waals surface area contributed by atoms with Crippen LogP contribution in [0.3, 0.4) is 0 Å². The van der Waals surface area contributed by atoms with Gasteiger partial charge in [-0.3, -0.25) is 10.1 Å². The SMILES string of the molecule is CC1CCC(Oc2cc(F)cc([N+](=O)[O-])c2)CC1C. The number of nitrogens with zero attached hydrogens (tertiary/aromatic N) is 1. The molecule has 104 valence electrons. The van der Waals surface area contributed by atoms with Crippen LogP contribution in [0.25, 0.3) is 0 Å². The molecule has 1 aromatic rings. The number of nitro groups is 1. The lowest BCUT2D eigenvalue weighted by molar-refractivity contribution is -0.385. The molecule has 1 saturated carbocycles. The molecule has 0 N–H and O–H groups in total. The second kappa shape index (κ2) is 5.55. The Hall–Kier alpha value is -1.65. The van der Waals surface area contributed by atoms with Crippen LogP contribution < -0.4 is 4.74 Å². The van der Waals surface area contributed by atoms with Crippen LogP contribution in [-0.2, 0) is 0 Å². The lowest BCUT2D eigenvalue weighted by atomic mass is 9.80. The van der Waals surface area contributed by atoms with Gasteiger partial charge in [0.05, 0.1) is 23.2 Å². The second-order valence-corrected chi connectivity index (χ2v) is 5.41. The molecule has 0 saturated heterocycles. The predicted octanol–water partition coefficient (Wildman–Crippen LogP) is 3.94. The van der Waals surface area contributed by atoms with Gasteiger partial charge < -0.3 is 4.74 Å². The minimum atomic E-state index is -0.638. The van der Waals surface area contributed by atoms with E-state index in [1.54, 1.807) is 0 Å². The first-order chi connectivity index (χ1) is 8.95. The van der Waals surface area contributed by atoms with Crippen LogP contribution in [0.4, 0.5) is 10.1 Å². The van der Waals surface area contributed by atoms with Gasteiger partial charge in [-0.2, -0.15) is 0 Å². The van der Waals surface area contributed by atoms with Crippen molar-refractivity contribution in [2.75, 3.05) is 0 Å². The van der Waals surface area contributed by atoms with Crippen LogP contribution in [0.2, 0.25) is 0 Å². The first kappa shape index (κ1) is 13.8. The zero-order chi connectivity index (χ0) is 14.0. The molecule has 0 spiro atoms. The van der Waals surface area contributed by atoms with E-state index in [0.29, 0.717) is 11.8 Å². The molecule has 2 rings (SSSR count). The highest BCUT2D eigenvalue weighted by atomic mass is 19.1. The third-order valence-electron chi connectivity index (χ3n) is 3.92. The number of halogens is 1. The molecule has 19 heavy (non-hydrogen) atoms. The Morgan fingerprint density at radius 3 is 2.63 bits per heavy atom. The number of nitro benzene ring substituents is 1. The first-order valence-electron chi connectivity index (χ1n) is 6.57. The van der Waals surface area contributed by atoms with Crippen LogP contribution in [0.5, 0.6) is 5.75 Å². The maximum absolute atomic E-state index is 13.3. The highest BCUT2D eigenvalue weighted by Gasteiger charge is 2.26. The van der Waals surface area contributed by atoms with E-state index < -0.39 is 10.7 Å². The molecule has 0 bridgehead atoms. The van der Waals surface area contributed by atoms with Crippen molar-refractivity contribution in [3.8, 4) is 5.75 Å². The van der Waals surface area contributed by atoms with E-state index in [-0.39, 0.29) is 17.5 Å². The summed E-state index contributed by atoms with van der Waals surface area (Å²) in [4.78, 5) is 10.1. The predicted molar refractivity (Wildman–Crippen MR) is 69.6 cm³/mol. The Morgan fingerprint density at radius 1 is 1.26 bits per heavy atom. The van der Waals surface area contributed by atoms with Crippen molar-refractivity contribution in [2.45, 2.75) is 39.2 Å². The number of benzene rings is 1. The normalized spacial score (nSPS) is 27.0. The molecular weight excluding hydrogens is 249 g/mol. The summed E-state index contributed by atoms with van der Waals surface area (Å²) in [5.41, 5.74) is -0.271. The van der Waals surface area contributed by atoms with Gasteiger partial charge in [-0.15, -0.1) is 0 Å². The molecular formula is C14H18FNO3. The molecule has 4 nitrogen and oxygen atoms in total. The lowest BCUT2D eigenvalue weighted by Gasteiger charge is -2.32. The zero-order valence-corrected chi connectivity index (χ0v) is 11.1. The van der Waals surface area contributed by atoms with Gasteiger partial charge in [0.1, 0.15) is 11.6 Å². The summed E-state index contributed by atoms with van der Waals surface area (Å²) in [5.74, 6) is 0.837. The fourth-order valence-electron chi connectivity index (χ4n) is 2.52. The Labute approximate surface area is 111 Å². The summed E-state index contributed by atoms with van der Waals surface area (Å²) in [6.07, 6.45) is 2.91. The number of ether oxygens (including phenoxy) is 1. The summed E-state index contributed by atoms with van der Waals surface area (Å²) in [7, 11) is 0. The van der Waals surface area contributed by atoms with Crippen LogP contribution in [0, 0.1) is 27.8 Å². The van der Waals surface area contributed by atoms with Gasteiger partial charge in [-0.1, -0.05) is 13.8 Å². The molecule has 0 amide bonds. The minimum absolute atomic E-state index is 0.0209. The maximum Gasteiger partial charge on any atom is 0.276 e. The molecule has 1 fully saturated rings. The molecule has 0 heterocycles. The van der Waals surface area contributed by atoms with E-state index in [1.807, 2.05) is 0 Å². The van der Waals surface area contributed by atoms with E-state index in [1.165, 1.54) is 12.1 Å². The summed E-state index contributed by atoms with van der Waals surface area (Å²) < 4.78 is 19.0. The van der Waals surface area contributed by atoms with Gasteiger partial charge in [0, 0.05) is 6.07 Å². The topological polar surface area (TPSA) is 52.4 Å². The van der Waals surface area contributed by atoms with E-state index >= 15 is 0 Å². The van der Waals surface area contributed by atoms with Gasteiger partial charge in [0.2, 0.25) is 0 Å². The monoisotopic (exact) mass is 267 g/mol. The maximum atomic E-state index is 13.3. The second-order valence-electron chi connectivity index (χ2n) is 5.41. The van der Waals surface area contributed by atoms with Gasteiger partial charge >= 0.3 is 0 Å². The van der Waals surface area contributed by atoms with E-state index in [2.05, 4.69) is 13.8 Å². The summed E-state index contributed by atoms with van der Waals surface area (Å²) in [6.45, 7) is 4.39. The van der Waals surface area contributed by atoms with Crippen LogP contribution in [0.1, 0.15) is 33.1 Å². The van der Waals surface area contributed by atoms with Crippen molar-refractivity contribution in [3.05, 3.63) is 34.1 Å².